The standard InChI is InChI=1S/C8H14F3NO/c1-5(2)4-6(3)12-7(13)8(9,10)11/h5-6H,4H2,1-3H3,(H,12,13)/t6-/m1/s1. The second kappa shape index (κ2) is 4.48. The fraction of sp³-hybridized carbons (Fsp3) is 0.875. The fourth-order valence-corrected chi connectivity index (χ4v) is 1.07. The maximum absolute atomic E-state index is 11.7. The molecule has 0 aromatic rings. The number of alkyl halides is 3. The molecule has 1 N–H and O–H groups in total. The second-order valence-corrected chi connectivity index (χ2v) is 3.50. The zero-order valence-corrected chi connectivity index (χ0v) is 7.90. The Labute approximate surface area is 75.5 Å². The third kappa shape index (κ3) is 5.49. The predicted molar refractivity (Wildman–Crippen MR) is 43.1 cm³/mol. The highest BCUT2D eigenvalue weighted by Gasteiger charge is 2.39. The minimum Gasteiger partial charge on any atom is -0.346 e. The van der Waals surface area contributed by atoms with Crippen LogP contribution in [0.15, 0.2) is 0 Å². The number of halogens is 3. The van der Waals surface area contributed by atoms with Gasteiger partial charge in [-0.3, -0.25) is 4.79 Å². The maximum atomic E-state index is 11.7. The van der Waals surface area contributed by atoms with Gasteiger partial charge in [0.05, 0.1) is 0 Å². The van der Waals surface area contributed by atoms with E-state index in [1.165, 1.54) is 0 Å². The van der Waals surface area contributed by atoms with E-state index in [4.69, 9.17) is 0 Å². The van der Waals surface area contributed by atoms with Crippen molar-refractivity contribution in [3.05, 3.63) is 0 Å². The van der Waals surface area contributed by atoms with Gasteiger partial charge in [-0.15, -0.1) is 0 Å². The Morgan fingerprint density at radius 3 is 2.08 bits per heavy atom. The average Bonchev–Trinajstić information content (AvgIpc) is 1.82. The van der Waals surface area contributed by atoms with Crippen molar-refractivity contribution < 1.29 is 18.0 Å². The van der Waals surface area contributed by atoms with E-state index in [-0.39, 0.29) is 5.92 Å². The van der Waals surface area contributed by atoms with Crippen molar-refractivity contribution in [3.63, 3.8) is 0 Å². The number of rotatable bonds is 3. The van der Waals surface area contributed by atoms with Crippen molar-refractivity contribution in [2.45, 2.75) is 39.4 Å². The Bertz CT molecular complexity index is 177. The molecule has 2 nitrogen and oxygen atoms in total. The van der Waals surface area contributed by atoms with Crippen LogP contribution in [0.5, 0.6) is 0 Å². The molecular formula is C8H14F3NO. The number of hydrogen-bond acceptors (Lipinski definition) is 1. The van der Waals surface area contributed by atoms with E-state index in [0.29, 0.717) is 6.42 Å². The molecule has 0 unspecified atom stereocenters. The van der Waals surface area contributed by atoms with E-state index >= 15 is 0 Å². The summed E-state index contributed by atoms with van der Waals surface area (Å²) in [6.45, 7) is 5.33. The molecule has 0 aromatic heterocycles. The monoisotopic (exact) mass is 197 g/mol. The first-order valence-electron chi connectivity index (χ1n) is 4.11. The summed E-state index contributed by atoms with van der Waals surface area (Å²) in [5.41, 5.74) is 0. The second-order valence-electron chi connectivity index (χ2n) is 3.50. The summed E-state index contributed by atoms with van der Waals surface area (Å²) in [5, 5.41) is 1.89. The molecule has 0 bridgehead atoms. The summed E-state index contributed by atoms with van der Waals surface area (Å²) in [6.07, 6.45) is -4.23. The summed E-state index contributed by atoms with van der Waals surface area (Å²) >= 11 is 0. The molecule has 5 heteroatoms. The van der Waals surface area contributed by atoms with E-state index in [9.17, 15) is 18.0 Å². The molecule has 1 amide bonds. The molecule has 0 saturated carbocycles. The quantitative estimate of drug-likeness (QED) is 0.737. The predicted octanol–water partition coefficient (Wildman–Crippen LogP) is 2.10. The van der Waals surface area contributed by atoms with Gasteiger partial charge in [-0.05, 0) is 19.3 Å². The lowest BCUT2D eigenvalue weighted by atomic mass is 10.1. The molecular weight excluding hydrogens is 183 g/mol. The van der Waals surface area contributed by atoms with Crippen molar-refractivity contribution in [2.24, 2.45) is 5.92 Å². The first kappa shape index (κ1) is 12.3. The molecule has 13 heavy (non-hydrogen) atoms. The summed E-state index contributed by atoms with van der Waals surface area (Å²) in [6, 6.07) is -0.436. The highest BCUT2D eigenvalue weighted by molar-refractivity contribution is 5.81. The fourth-order valence-electron chi connectivity index (χ4n) is 1.07. The van der Waals surface area contributed by atoms with Gasteiger partial charge in [-0.25, -0.2) is 0 Å². The zero-order valence-electron chi connectivity index (χ0n) is 7.90. The van der Waals surface area contributed by atoms with Gasteiger partial charge in [-0.1, -0.05) is 13.8 Å². The van der Waals surface area contributed by atoms with Crippen LogP contribution in [0, 0.1) is 5.92 Å². The summed E-state index contributed by atoms with van der Waals surface area (Å²) in [5.74, 6) is -1.59. The normalized spacial score (nSPS) is 14.4. The number of hydrogen-bond donors (Lipinski definition) is 1. The van der Waals surface area contributed by atoms with Gasteiger partial charge >= 0.3 is 12.1 Å². The Balaban J connectivity index is 3.93. The summed E-state index contributed by atoms with van der Waals surface area (Å²) < 4.78 is 35.2. The molecule has 0 aliphatic carbocycles. The molecule has 1 atom stereocenters. The Morgan fingerprint density at radius 2 is 1.77 bits per heavy atom. The zero-order chi connectivity index (χ0) is 10.6. The smallest absolute Gasteiger partial charge is 0.346 e. The molecule has 0 heterocycles. The molecule has 0 fully saturated rings. The van der Waals surface area contributed by atoms with Gasteiger partial charge < -0.3 is 5.32 Å². The molecule has 0 rings (SSSR count). The summed E-state index contributed by atoms with van der Waals surface area (Å²) in [7, 11) is 0. The van der Waals surface area contributed by atoms with Crippen molar-refractivity contribution in [3.8, 4) is 0 Å². The van der Waals surface area contributed by atoms with Crippen molar-refractivity contribution in [1.29, 1.82) is 0 Å². The van der Waals surface area contributed by atoms with Crippen LogP contribution in [-0.2, 0) is 4.79 Å². The SMILES string of the molecule is CC(C)C[C@@H](C)NC(=O)C(F)(F)F. The van der Waals surface area contributed by atoms with Gasteiger partial charge in [-0.2, -0.15) is 13.2 Å². The van der Waals surface area contributed by atoms with Crippen LogP contribution in [0.3, 0.4) is 0 Å². The maximum Gasteiger partial charge on any atom is 0.471 e. The van der Waals surface area contributed by atoms with E-state index in [2.05, 4.69) is 0 Å². The lowest BCUT2D eigenvalue weighted by Crippen LogP contribution is -2.42. The van der Waals surface area contributed by atoms with Gasteiger partial charge in [0.25, 0.3) is 0 Å². The van der Waals surface area contributed by atoms with Crippen molar-refractivity contribution in [1.82, 2.24) is 5.32 Å². The van der Waals surface area contributed by atoms with Crippen molar-refractivity contribution >= 4 is 5.91 Å². The molecule has 0 aromatic carbocycles. The highest BCUT2D eigenvalue weighted by Crippen LogP contribution is 2.15. The van der Waals surface area contributed by atoms with Gasteiger partial charge in [0.2, 0.25) is 0 Å². The number of carbonyl (C=O) groups is 1. The molecule has 0 aliphatic heterocycles. The average molecular weight is 197 g/mol. The highest BCUT2D eigenvalue weighted by atomic mass is 19.4. The van der Waals surface area contributed by atoms with Crippen LogP contribution in [0.2, 0.25) is 0 Å². The number of carbonyl (C=O) groups excluding carboxylic acids is 1. The largest absolute Gasteiger partial charge is 0.471 e. The van der Waals surface area contributed by atoms with Crippen LogP contribution in [0.4, 0.5) is 13.2 Å². The van der Waals surface area contributed by atoms with Crippen LogP contribution in [-0.4, -0.2) is 18.1 Å². The van der Waals surface area contributed by atoms with Gasteiger partial charge in [0, 0.05) is 6.04 Å². The number of amides is 1. The molecule has 0 radical (unpaired) electrons. The molecule has 78 valence electrons. The Morgan fingerprint density at radius 1 is 1.31 bits per heavy atom. The van der Waals surface area contributed by atoms with E-state index in [1.54, 1.807) is 6.92 Å². The van der Waals surface area contributed by atoms with Gasteiger partial charge in [0.1, 0.15) is 0 Å². The minimum absolute atomic E-state index is 0.267. The van der Waals surface area contributed by atoms with Crippen LogP contribution in [0.25, 0.3) is 0 Å². The first-order chi connectivity index (χ1) is 5.73. The minimum atomic E-state index is -4.77. The number of nitrogens with one attached hydrogen (secondary N) is 1. The van der Waals surface area contributed by atoms with Gasteiger partial charge in [0.15, 0.2) is 0 Å². The van der Waals surface area contributed by atoms with Crippen LogP contribution in [0.1, 0.15) is 27.2 Å². The Kier molecular flexibility index (Phi) is 4.23. The Hall–Kier alpha value is -0.740. The third-order valence-electron chi connectivity index (χ3n) is 1.46. The van der Waals surface area contributed by atoms with E-state index in [0.717, 1.165) is 0 Å². The summed E-state index contributed by atoms with van der Waals surface area (Å²) in [4.78, 5) is 10.4. The van der Waals surface area contributed by atoms with E-state index < -0.39 is 18.1 Å². The third-order valence-corrected chi connectivity index (χ3v) is 1.46. The van der Waals surface area contributed by atoms with Crippen LogP contribution >= 0.6 is 0 Å². The molecule has 0 saturated heterocycles. The lowest BCUT2D eigenvalue weighted by molar-refractivity contribution is -0.174. The van der Waals surface area contributed by atoms with Crippen LogP contribution < -0.4 is 5.32 Å². The molecule has 0 aliphatic rings. The lowest BCUT2D eigenvalue weighted by Gasteiger charge is -2.16. The topological polar surface area (TPSA) is 29.1 Å². The first-order valence-corrected chi connectivity index (χ1v) is 4.11. The van der Waals surface area contributed by atoms with Crippen molar-refractivity contribution in [2.75, 3.05) is 0 Å². The molecule has 0 spiro atoms. The van der Waals surface area contributed by atoms with E-state index in [1.807, 2.05) is 19.2 Å².